The van der Waals surface area contributed by atoms with Gasteiger partial charge in [0.2, 0.25) is 10.0 Å². The van der Waals surface area contributed by atoms with Crippen LogP contribution in [0.3, 0.4) is 0 Å². The first-order valence-electron chi connectivity index (χ1n) is 5.98. The van der Waals surface area contributed by atoms with Crippen molar-refractivity contribution < 1.29 is 12.8 Å². The van der Waals surface area contributed by atoms with E-state index in [1.165, 1.54) is 28.6 Å². The van der Waals surface area contributed by atoms with Gasteiger partial charge in [-0.15, -0.1) is 0 Å². The van der Waals surface area contributed by atoms with Gasteiger partial charge in [0.05, 0.1) is 11.4 Å². The number of hydrogen-bond donors (Lipinski definition) is 1. The first-order chi connectivity index (χ1) is 8.51. The Morgan fingerprint density at radius 3 is 2.33 bits per heavy atom. The van der Waals surface area contributed by atoms with Gasteiger partial charge < -0.3 is 5.32 Å². The Balaban J connectivity index is 2.85. The SMILES string of the molecule is CCNCCS(=O)(=O)N(CC)c1ccc(F)cc1. The molecule has 0 aliphatic rings. The van der Waals surface area contributed by atoms with Crippen LogP contribution in [0.25, 0.3) is 0 Å². The molecule has 0 bridgehead atoms. The molecule has 1 aromatic rings. The molecule has 0 saturated carbocycles. The van der Waals surface area contributed by atoms with Crippen LogP contribution in [-0.4, -0.2) is 33.8 Å². The molecule has 6 heteroatoms. The van der Waals surface area contributed by atoms with Crippen LogP contribution < -0.4 is 9.62 Å². The molecule has 0 aliphatic heterocycles. The first-order valence-corrected chi connectivity index (χ1v) is 7.59. The van der Waals surface area contributed by atoms with E-state index in [4.69, 9.17) is 0 Å². The average molecular weight is 274 g/mol. The number of sulfonamides is 1. The molecule has 0 fully saturated rings. The molecular formula is C12H19FN2O2S. The predicted molar refractivity (Wildman–Crippen MR) is 71.8 cm³/mol. The second kappa shape index (κ2) is 6.70. The summed E-state index contributed by atoms with van der Waals surface area (Å²) >= 11 is 0. The Kier molecular flexibility index (Phi) is 5.55. The fourth-order valence-electron chi connectivity index (χ4n) is 1.64. The topological polar surface area (TPSA) is 49.4 Å². The van der Waals surface area contributed by atoms with Crippen molar-refractivity contribution in [2.75, 3.05) is 29.7 Å². The summed E-state index contributed by atoms with van der Waals surface area (Å²) in [5.74, 6) is -0.341. The highest BCUT2D eigenvalue weighted by molar-refractivity contribution is 7.92. The molecule has 1 aromatic carbocycles. The fourth-order valence-corrected chi connectivity index (χ4v) is 3.09. The number of nitrogens with zero attached hydrogens (tertiary/aromatic N) is 1. The summed E-state index contributed by atoms with van der Waals surface area (Å²) in [4.78, 5) is 0. The molecule has 0 saturated heterocycles. The summed E-state index contributed by atoms with van der Waals surface area (Å²) in [6, 6.07) is 5.48. The maximum Gasteiger partial charge on any atom is 0.236 e. The molecule has 18 heavy (non-hydrogen) atoms. The smallest absolute Gasteiger partial charge is 0.236 e. The quantitative estimate of drug-likeness (QED) is 0.768. The third kappa shape index (κ3) is 3.96. The largest absolute Gasteiger partial charge is 0.316 e. The van der Waals surface area contributed by atoms with E-state index < -0.39 is 10.0 Å². The molecule has 102 valence electrons. The van der Waals surface area contributed by atoms with E-state index in [0.29, 0.717) is 18.8 Å². The molecule has 1 rings (SSSR count). The molecule has 0 unspecified atom stereocenters. The lowest BCUT2D eigenvalue weighted by Gasteiger charge is -2.22. The number of nitrogens with one attached hydrogen (secondary N) is 1. The zero-order valence-electron chi connectivity index (χ0n) is 10.7. The average Bonchev–Trinajstić information content (AvgIpc) is 2.32. The summed E-state index contributed by atoms with van der Waals surface area (Å²) in [5, 5.41) is 2.98. The van der Waals surface area contributed by atoms with Gasteiger partial charge in [-0.25, -0.2) is 12.8 Å². The lowest BCUT2D eigenvalue weighted by molar-refractivity contribution is 0.587. The summed E-state index contributed by atoms with van der Waals surface area (Å²) in [6.45, 7) is 5.16. The highest BCUT2D eigenvalue weighted by Crippen LogP contribution is 2.18. The monoisotopic (exact) mass is 274 g/mol. The molecule has 0 atom stereocenters. The van der Waals surface area contributed by atoms with Crippen LogP contribution in [-0.2, 0) is 10.0 Å². The number of rotatable bonds is 7. The van der Waals surface area contributed by atoms with E-state index in [2.05, 4.69) is 5.32 Å². The Bertz CT molecular complexity index is 459. The second-order valence-corrected chi connectivity index (χ2v) is 5.82. The first kappa shape index (κ1) is 14.9. The van der Waals surface area contributed by atoms with E-state index in [1.54, 1.807) is 6.92 Å². The zero-order valence-corrected chi connectivity index (χ0v) is 11.5. The van der Waals surface area contributed by atoms with E-state index >= 15 is 0 Å². The number of hydrogen-bond acceptors (Lipinski definition) is 3. The van der Waals surface area contributed by atoms with Crippen LogP contribution >= 0.6 is 0 Å². The number of anilines is 1. The van der Waals surface area contributed by atoms with Crippen molar-refractivity contribution in [3.8, 4) is 0 Å². The second-order valence-electron chi connectivity index (χ2n) is 3.81. The number of halogens is 1. The highest BCUT2D eigenvalue weighted by Gasteiger charge is 2.20. The Morgan fingerprint density at radius 1 is 1.22 bits per heavy atom. The van der Waals surface area contributed by atoms with Gasteiger partial charge in [-0.2, -0.15) is 0 Å². The normalized spacial score (nSPS) is 11.5. The van der Waals surface area contributed by atoms with Crippen LogP contribution in [0.4, 0.5) is 10.1 Å². The van der Waals surface area contributed by atoms with Gasteiger partial charge >= 0.3 is 0 Å². The van der Waals surface area contributed by atoms with Crippen LogP contribution in [0.2, 0.25) is 0 Å². The van der Waals surface area contributed by atoms with Gasteiger partial charge in [-0.05, 0) is 37.7 Å². The predicted octanol–water partition coefficient (Wildman–Crippen LogP) is 1.59. The lowest BCUT2D eigenvalue weighted by atomic mass is 10.3. The van der Waals surface area contributed by atoms with Crippen molar-refractivity contribution in [3.63, 3.8) is 0 Å². The van der Waals surface area contributed by atoms with Gasteiger partial charge in [0.15, 0.2) is 0 Å². The number of benzene rings is 1. The van der Waals surface area contributed by atoms with Crippen molar-refractivity contribution in [2.24, 2.45) is 0 Å². The van der Waals surface area contributed by atoms with E-state index in [1.807, 2.05) is 6.92 Å². The summed E-state index contributed by atoms with van der Waals surface area (Å²) in [7, 11) is -3.36. The van der Waals surface area contributed by atoms with E-state index in [-0.39, 0.29) is 11.6 Å². The molecule has 1 N–H and O–H groups in total. The van der Waals surface area contributed by atoms with Crippen molar-refractivity contribution >= 4 is 15.7 Å². The van der Waals surface area contributed by atoms with Crippen LogP contribution in [0.1, 0.15) is 13.8 Å². The minimum Gasteiger partial charge on any atom is -0.316 e. The molecular weight excluding hydrogens is 255 g/mol. The zero-order chi connectivity index (χ0) is 13.6. The van der Waals surface area contributed by atoms with Crippen molar-refractivity contribution in [2.45, 2.75) is 13.8 Å². The highest BCUT2D eigenvalue weighted by atomic mass is 32.2. The molecule has 0 aromatic heterocycles. The van der Waals surface area contributed by atoms with Gasteiger partial charge in [0, 0.05) is 13.1 Å². The Hall–Kier alpha value is -1.14. The molecule has 0 amide bonds. The van der Waals surface area contributed by atoms with Gasteiger partial charge in [0.1, 0.15) is 5.82 Å². The molecule has 4 nitrogen and oxygen atoms in total. The van der Waals surface area contributed by atoms with Crippen molar-refractivity contribution in [1.29, 1.82) is 0 Å². The van der Waals surface area contributed by atoms with Crippen molar-refractivity contribution in [1.82, 2.24) is 5.32 Å². The minimum absolute atomic E-state index is 0.0338. The van der Waals surface area contributed by atoms with Crippen LogP contribution in [0.5, 0.6) is 0 Å². The van der Waals surface area contributed by atoms with Gasteiger partial charge in [-0.1, -0.05) is 6.92 Å². The lowest BCUT2D eigenvalue weighted by Crippen LogP contribution is -2.36. The van der Waals surface area contributed by atoms with Gasteiger partial charge in [-0.3, -0.25) is 4.31 Å². The summed E-state index contributed by atoms with van der Waals surface area (Å²) in [5.41, 5.74) is 0.496. The van der Waals surface area contributed by atoms with Gasteiger partial charge in [0.25, 0.3) is 0 Å². The minimum atomic E-state index is -3.36. The molecule has 0 aliphatic carbocycles. The Morgan fingerprint density at radius 2 is 1.83 bits per heavy atom. The molecule has 0 heterocycles. The molecule has 0 radical (unpaired) electrons. The third-order valence-electron chi connectivity index (χ3n) is 2.52. The maximum atomic E-state index is 12.8. The summed E-state index contributed by atoms with van der Waals surface area (Å²) < 4.78 is 38.3. The van der Waals surface area contributed by atoms with E-state index in [0.717, 1.165) is 6.54 Å². The van der Waals surface area contributed by atoms with Crippen LogP contribution in [0.15, 0.2) is 24.3 Å². The Labute approximate surface area is 108 Å². The maximum absolute atomic E-state index is 12.8. The van der Waals surface area contributed by atoms with Crippen LogP contribution in [0, 0.1) is 5.82 Å². The standard InChI is InChI=1S/C12H19FN2O2S/c1-3-14-9-10-18(16,17)15(4-2)12-7-5-11(13)6-8-12/h5-8,14H,3-4,9-10H2,1-2H3. The third-order valence-corrected chi connectivity index (χ3v) is 4.39. The molecule has 0 spiro atoms. The van der Waals surface area contributed by atoms with Crippen molar-refractivity contribution in [3.05, 3.63) is 30.1 Å². The fraction of sp³-hybridized carbons (Fsp3) is 0.500. The van der Waals surface area contributed by atoms with E-state index in [9.17, 15) is 12.8 Å². The summed E-state index contributed by atoms with van der Waals surface area (Å²) in [6.07, 6.45) is 0.